The fourth-order valence-corrected chi connectivity index (χ4v) is 1.16. The van der Waals surface area contributed by atoms with Gasteiger partial charge >= 0.3 is 0 Å². The van der Waals surface area contributed by atoms with Gasteiger partial charge in [0.05, 0.1) is 11.1 Å². The fourth-order valence-electron chi connectivity index (χ4n) is 0.969. The molecule has 1 aromatic rings. The lowest BCUT2D eigenvalue weighted by molar-refractivity contribution is 0.301. The smallest absolute Gasteiger partial charge is 0.184 e. The van der Waals surface area contributed by atoms with Crippen molar-refractivity contribution in [3.05, 3.63) is 23.0 Å². The van der Waals surface area contributed by atoms with Gasteiger partial charge in [0.15, 0.2) is 11.4 Å². The molecule has 0 saturated heterocycles. The van der Waals surface area contributed by atoms with E-state index in [4.69, 9.17) is 21.6 Å². The highest BCUT2D eigenvalue weighted by Crippen LogP contribution is 2.33. The minimum absolute atomic E-state index is 0.230. The number of hydrogen-bond acceptors (Lipinski definition) is 3. The third-order valence-corrected chi connectivity index (χ3v) is 2.07. The highest BCUT2D eigenvalue weighted by atomic mass is 35.5. The summed E-state index contributed by atoms with van der Waals surface area (Å²) >= 11 is 5.86. The summed E-state index contributed by atoms with van der Waals surface area (Å²) in [6.45, 7) is 0. The highest BCUT2D eigenvalue weighted by Gasteiger charge is 2.26. The van der Waals surface area contributed by atoms with Crippen molar-refractivity contribution < 1.29 is 4.74 Å². The first kappa shape index (κ1) is 8.33. The van der Waals surface area contributed by atoms with Crippen LogP contribution in [0.5, 0.6) is 5.75 Å². The largest absolute Gasteiger partial charge is 0.486 e. The van der Waals surface area contributed by atoms with Crippen LogP contribution in [-0.4, -0.2) is 11.1 Å². The van der Waals surface area contributed by atoms with Gasteiger partial charge in [-0.25, -0.2) is 4.98 Å². The monoisotopic (exact) mass is 194 g/mol. The normalized spacial score (nSPS) is 15.1. The second-order valence-electron chi connectivity index (χ2n) is 2.90. The van der Waals surface area contributed by atoms with Gasteiger partial charge in [-0.1, -0.05) is 11.6 Å². The molecule has 0 N–H and O–H groups in total. The van der Waals surface area contributed by atoms with E-state index in [9.17, 15) is 0 Å². The molecule has 1 saturated carbocycles. The predicted octanol–water partition coefficient (Wildman–Crippen LogP) is 2.15. The van der Waals surface area contributed by atoms with Crippen LogP contribution >= 0.6 is 11.6 Å². The van der Waals surface area contributed by atoms with Crippen molar-refractivity contribution in [2.75, 3.05) is 0 Å². The molecule has 0 unspecified atom stereocenters. The zero-order valence-electron chi connectivity index (χ0n) is 6.83. The van der Waals surface area contributed by atoms with E-state index in [1.807, 2.05) is 6.07 Å². The zero-order valence-corrected chi connectivity index (χ0v) is 7.58. The van der Waals surface area contributed by atoms with Crippen molar-refractivity contribution in [1.82, 2.24) is 4.98 Å². The number of ether oxygens (including phenoxy) is 1. The molecular weight excluding hydrogens is 188 g/mol. The van der Waals surface area contributed by atoms with Crippen molar-refractivity contribution in [2.24, 2.45) is 0 Å². The molecule has 1 heterocycles. The van der Waals surface area contributed by atoms with E-state index >= 15 is 0 Å². The van der Waals surface area contributed by atoms with Crippen LogP contribution < -0.4 is 4.74 Å². The second kappa shape index (κ2) is 3.23. The summed E-state index contributed by atoms with van der Waals surface area (Å²) in [7, 11) is 0. The third kappa shape index (κ3) is 1.73. The molecule has 1 aromatic heterocycles. The molecule has 1 aliphatic carbocycles. The Morgan fingerprint density at radius 2 is 2.38 bits per heavy atom. The minimum atomic E-state index is 0.230. The first-order valence-electron chi connectivity index (χ1n) is 4.02. The molecule has 2 rings (SSSR count). The number of hydrogen-bond donors (Lipinski definition) is 0. The Hall–Kier alpha value is -1.27. The molecule has 1 aliphatic rings. The fraction of sp³-hybridized carbons (Fsp3) is 0.333. The lowest BCUT2D eigenvalue weighted by atomic mass is 10.3. The van der Waals surface area contributed by atoms with Crippen LogP contribution in [0.25, 0.3) is 0 Å². The Balaban J connectivity index is 2.34. The molecule has 0 aliphatic heterocycles. The Kier molecular flexibility index (Phi) is 2.07. The summed E-state index contributed by atoms with van der Waals surface area (Å²) in [5.74, 6) is 0.425. The molecule has 0 amide bonds. The number of halogens is 1. The lowest BCUT2D eigenvalue weighted by Crippen LogP contribution is -2.00. The molecule has 0 bridgehead atoms. The summed E-state index contributed by atoms with van der Waals surface area (Å²) in [5.41, 5.74) is 0.263. The number of nitriles is 1. The van der Waals surface area contributed by atoms with Crippen LogP contribution in [0.4, 0.5) is 0 Å². The van der Waals surface area contributed by atoms with E-state index in [0.717, 1.165) is 12.8 Å². The second-order valence-corrected chi connectivity index (χ2v) is 3.31. The Labute approximate surface area is 80.9 Å². The quantitative estimate of drug-likeness (QED) is 0.725. The molecule has 0 radical (unpaired) electrons. The van der Waals surface area contributed by atoms with Gasteiger partial charge in [-0.15, -0.1) is 0 Å². The van der Waals surface area contributed by atoms with E-state index in [2.05, 4.69) is 4.98 Å². The average molecular weight is 195 g/mol. The van der Waals surface area contributed by atoms with E-state index in [0.29, 0.717) is 10.8 Å². The molecule has 13 heavy (non-hydrogen) atoms. The Morgan fingerprint density at radius 1 is 1.62 bits per heavy atom. The summed E-state index contributed by atoms with van der Waals surface area (Å²) in [4.78, 5) is 3.87. The van der Waals surface area contributed by atoms with Gasteiger partial charge in [0.25, 0.3) is 0 Å². The lowest BCUT2D eigenvalue weighted by Gasteiger charge is -2.06. The first-order chi connectivity index (χ1) is 6.31. The van der Waals surface area contributed by atoms with Crippen molar-refractivity contribution in [2.45, 2.75) is 18.9 Å². The van der Waals surface area contributed by atoms with Gasteiger partial charge in [-0.05, 0) is 18.9 Å². The van der Waals surface area contributed by atoms with Crippen molar-refractivity contribution in [3.8, 4) is 11.8 Å². The van der Waals surface area contributed by atoms with E-state index in [-0.39, 0.29) is 11.8 Å². The standard InChI is InChI=1S/C9H7ClN2O/c10-7-3-4-12-8(5-11)9(7)13-6-1-2-6/h3-4,6H,1-2H2. The van der Waals surface area contributed by atoms with Crippen LogP contribution in [0.1, 0.15) is 18.5 Å². The molecule has 0 spiro atoms. The molecule has 1 fully saturated rings. The van der Waals surface area contributed by atoms with Gasteiger partial charge < -0.3 is 4.74 Å². The van der Waals surface area contributed by atoms with Gasteiger partial charge in [0.2, 0.25) is 0 Å². The summed E-state index contributed by atoms with van der Waals surface area (Å²) in [6, 6.07) is 3.57. The molecular formula is C9H7ClN2O. The zero-order chi connectivity index (χ0) is 9.26. The Bertz CT molecular complexity index is 368. The number of rotatable bonds is 2. The highest BCUT2D eigenvalue weighted by molar-refractivity contribution is 6.32. The van der Waals surface area contributed by atoms with Gasteiger partial charge in [0.1, 0.15) is 6.07 Å². The first-order valence-corrected chi connectivity index (χ1v) is 4.40. The maximum absolute atomic E-state index is 8.73. The van der Waals surface area contributed by atoms with Crippen molar-refractivity contribution >= 4 is 11.6 Å². The van der Waals surface area contributed by atoms with Crippen LogP contribution in [0.2, 0.25) is 5.02 Å². The number of nitrogens with zero attached hydrogens (tertiary/aromatic N) is 2. The number of aromatic nitrogens is 1. The molecule has 0 aromatic carbocycles. The Morgan fingerprint density at radius 3 is 3.00 bits per heavy atom. The average Bonchev–Trinajstić information content (AvgIpc) is 2.92. The van der Waals surface area contributed by atoms with Gasteiger partial charge in [-0.3, -0.25) is 0 Å². The van der Waals surface area contributed by atoms with Crippen molar-refractivity contribution in [1.29, 1.82) is 5.26 Å². The summed E-state index contributed by atoms with van der Waals surface area (Å²) < 4.78 is 5.46. The van der Waals surface area contributed by atoms with E-state index in [1.54, 1.807) is 6.07 Å². The minimum Gasteiger partial charge on any atom is -0.486 e. The van der Waals surface area contributed by atoms with Gasteiger partial charge in [0, 0.05) is 6.20 Å². The van der Waals surface area contributed by atoms with Crippen LogP contribution in [0.15, 0.2) is 12.3 Å². The maximum Gasteiger partial charge on any atom is 0.184 e. The molecule has 3 nitrogen and oxygen atoms in total. The van der Waals surface area contributed by atoms with Crippen LogP contribution in [0, 0.1) is 11.3 Å². The summed E-state index contributed by atoms with van der Waals surface area (Å²) in [5, 5.41) is 9.18. The van der Waals surface area contributed by atoms with E-state index < -0.39 is 0 Å². The SMILES string of the molecule is N#Cc1nccc(Cl)c1OC1CC1. The third-order valence-electron chi connectivity index (χ3n) is 1.77. The van der Waals surface area contributed by atoms with Crippen LogP contribution in [-0.2, 0) is 0 Å². The van der Waals surface area contributed by atoms with Crippen LogP contribution in [0.3, 0.4) is 0 Å². The maximum atomic E-state index is 8.73. The van der Waals surface area contributed by atoms with Gasteiger partial charge in [-0.2, -0.15) is 5.26 Å². The molecule has 66 valence electrons. The molecule has 4 heteroatoms. The summed E-state index contributed by atoms with van der Waals surface area (Å²) in [6.07, 6.45) is 3.81. The topological polar surface area (TPSA) is 45.9 Å². The molecule has 0 atom stereocenters. The number of pyridine rings is 1. The van der Waals surface area contributed by atoms with Crippen molar-refractivity contribution in [3.63, 3.8) is 0 Å². The predicted molar refractivity (Wildman–Crippen MR) is 47.6 cm³/mol. The van der Waals surface area contributed by atoms with E-state index in [1.165, 1.54) is 6.20 Å².